The minimum atomic E-state index is -0.0338. The first-order valence-corrected chi connectivity index (χ1v) is 6.25. The highest BCUT2D eigenvalue weighted by atomic mass is 35.5. The number of carbonyl (C=O) groups is 1. The van der Waals surface area contributed by atoms with Gasteiger partial charge in [0.15, 0.2) is 0 Å². The van der Waals surface area contributed by atoms with Crippen LogP contribution in [-0.4, -0.2) is 37.4 Å². The molecule has 19 heavy (non-hydrogen) atoms. The van der Waals surface area contributed by atoms with E-state index in [0.717, 1.165) is 11.4 Å². The Morgan fingerprint density at radius 2 is 2.26 bits per heavy atom. The zero-order valence-corrected chi connectivity index (χ0v) is 11.9. The molecule has 102 valence electrons. The van der Waals surface area contributed by atoms with Crippen LogP contribution in [0.2, 0.25) is 5.02 Å². The van der Waals surface area contributed by atoms with E-state index in [0.29, 0.717) is 11.6 Å². The Kier molecular flexibility index (Phi) is 3.90. The Balaban J connectivity index is 1.98. The molecule has 0 saturated carbocycles. The van der Waals surface area contributed by atoms with E-state index in [2.05, 4.69) is 10.2 Å². The standard InChI is InChI=1S/C12H16ClN5O/c1-9-11(13)6-14-18(9)8-12(19)16(2)7-10-4-5-17(3)15-10/h4-6H,7-8H2,1-3H3. The summed E-state index contributed by atoms with van der Waals surface area (Å²) in [6.07, 6.45) is 3.40. The lowest BCUT2D eigenvalue weighted by molar-refractivity contribution is -0.131. The molecule has 0 aromatic carbocycles. The van der Waals surface area contributed by atoms with E-state index >= 15 is 0 Å². The van der Waals surface area contributed by atoms with Crippen molar-refractivity contribution in [1.82, 2.24) is 24.5 Å². The van der Waals surface area contributed by atoms with Crippen molar-refractivity contribution in [2.24, 2.45) is 7.05 Å². The second kappa shape index (κ2) is 5.44. The molecule has 0 fully saturated rings. The van der Waals surface area contributed by atoms with Crippen molar-refractivity contribution < 1.29 is 4.79 Å². The maximum Gasteiger partial charge on any atom is 0.244 e. The summed E-state index contributed by atoms with van der Waals surface area (Å²) in [4.78, 5) is 13.7. The largest absolute Gasteiger partial charge is 0.338 e. The molecular formula is C12H16ClN5O. The average Bonchev–Trinajstić information content (AvgIpc) is 2.90. The first-order chi connectivity index (χ1) is 8.97. The number of rotatable bonds is 4. The van der Waals surface area contributed by atoms with Gasteiger partial charge >= 0.3 is 0 Å². The molecule has 7 heteroatoms. The smallest absolute Gasteiger partial charge is 0.244 e. The summed E-state index contributed by atoms with van der Waals surface area (Å²) in [5, 5.41) is 8.88. The van der Waals surface area contributed by atoms with Gasteiger partial charge in [-0.1, -0.05) is 11.6 Å². The normalized spacial score (nSPS) is 10.7. The summed E-state index contributed by atoms with van der Waals surface area (Å²) in [6.45, 7) is 2.50. The van der Waals surface area contributed by atoms with Crippen molar-refractivity contribution in [1.29, 1.82) is 0 Å². The minimum absolute atomic E-state index is 0.0338. The second-order valence-electron chi connectivity index (χ2n) is 4.47. The molecular weight excluding hydrogens is 266 g/mol. The van der Waals surface area contributed by atoms with E-state index in [1.165, 1.54) is 0 Å². The SMILES string of the molecule is Cc1c(Cl)cnn1CC(=O)N(C)Cc1ccn(C)n1. The molecule has 0 bridgehead atoms. The van der Waals surface area contributed by atoms with Crippen LogP contribution in [0.1, 0.15) is 11.4 Å². The van der Waals surface area contributed by atoms with E-state index in [4.69, 9.17) is 11.6 Å². The van der Waals surface area contributed by atoms with Gasteiger partial charge in [-0.2, -0.15) is 10.2 Å². The molecule has 2 rings (SSSR count). The van der Waals surface area contributed by atoms with Gasteiger partial charge in [0.25, 0.3) is 0 Å². The van der Waals surface area contributed by atoms with Crippen LogP contribution < -0.4 is 0 Å². The fraction of sp³-hybridized carbons (Fsp3) is 0.417. The predicted molar refractivity (Wildman–Crippen MR) is 71.7 cm³/mol. The number of nitrogens with zero attached hydrogens (tertiary/aromatic N) is 5. The molecule has 0 aliphatic heterocycles. The third-order valence-electron chi connectivity index (χ3n) is 2.92. The summed E-state index contributed by atoms with van der Waals surface area (Å²) >= 11 is 5.90. The Morgan fingerprint density at radius 3 is 2.79 bits per heavy atom. The summed E-state index contributed by atoms with van der Waals surface area (Å²) < 4.78 is 3.31. The maximum atomic E-state index is 12.1. The molecule has 6 nitrogen and oxygen atoms in total. The number of hydrogen-bond acceptors (Lipinski definition) is 3. The fourth-order valence-electron chi connectivity index (χ4n) is 1.71. The first-order valence-electron chi connectivity index (χ1n) is 5.87. The molecule has 0 atom stereocenters. The van der Waals surface area contributed by atoms with Crippen LogP contribution >= 0.6 is 11.6 Å². The van der Waals surface area contributed by atoms with Gasteiger partial charge in [-0.25, -0.2) is 0 Å². The van der Waals surface area contributed by atoms with Crippen molar-refractivity contribution in [3.8, 4) is 0 Å². The predicted octanol–water partition coefficient (Wildman–Crippen LogP) is 1.24. The molecule has 0 unspecified atom stereocenters. The summed E-state index contributed by atoms with van der Waals surface area (Å²) in [5.41, 5.74) is 1.65. The monoisotopic (exact) mass is 281 g/mol. The highest BCUT2D eigenvalue weighted by molar-refractivity contribution is 6.31. The highest BCUT2D eigenvalue weighted by Gasteiger charge is 2.13. The second-order valence-corrected chi connectivity index (χ2v) is 4.87. The number of halogens is 1. The number of aromatic nitrogens is 4. The van der Waals surface area contributed by atoms with Gasteiger partial charge in [0.1, 0.15) is 6.54 Å². The molecule has 0 aliphatic rings. The summed E-state index contributed by atoms with van der Waals surface area (Å²) in [7, 11) is 3.60. The van der Waals surface area contributed by atoms with Crippen molar-refractivity contribution in [2.75, 3.05) is 7.05 Å². The molecule has 0 N–H and O–H groups in total. The third-order valence-corrected chi connectivity index (χ3v) is 3.29. The lowest BCUT2D eigenvalue weighted by Crippen LogP contribution is -2.30. The quantitative estimate of drug-likeness (QED) is 0.847. The number of amides is 1. The summed E-state index contributed by atoms with van der Waals surface area (Å²) in [6, 6.07) is 1.89. The van der Waals surface area contributed by atoms with Crippen LogP contribution in [0.5, 0.6) is 0 Å². The van der Waals surface area contributed by atoms with Crippen molar-refractivity contribution >= 4 is 17.5 Å². The fourth-order valence-corrected chi connectivity index (χ4v) is 1.85. The number of carbonyl (C=O) groups excluding carboxylic acids is 1. The van der Waals surface area contributed by atoms with Crippen molar-refractivity contribution in [2.45, 2.75) is 20.0 Å². The van der Waals surface area contributed by atoms with Gasteiger partial charge in [0.2, 0.25) is 5.91 Å². The zero-order chi connectivity index (χ0) is 14.0. The van der Waals surface area contributed by atoms with Gasteiger partial charge in [-0.3, -0.25) is 14.2 Å². The van der Waals surface area contributed by atoms with Crippen molar-refractivity contribution in [3.05, 3.63) is 34.9 Å². The van der Waals surface area contributed by atoms with Gasteiger partial charge in [-0.15, -0.1) is 0 Å². The molecule has 0 aliphatic carbocycles. The topological polar surface area (TPSA) is 56.0 Å². The Morgan fingerprint density at radius 1 is 1.53 bits per heavy atom. The highest BCUT2D eigenvalue weighted by Crippen LogP contribution is 2.13. The Labute approximate surface area is 116 Å². The van der Waals surface area contributed by atoms with E-state index in [1.54, 1.807) is 27.5 Å². The van der Waals surface area contributed by atoms with Crippen molar-refractivity contribution in [3.63, 3.8) is 0 Å². The molecule has 2 heterocycles. The van der Waals surface area contributed by atoms with Gasteiger partial charge in [0, 0.05) is 20.3 Å². The average molecular weight is 282 g/mol. The van der Waals surface area contributed by atoms with Crippen LogP contribution in [0.25, 0.3) is 0 Å². The number of hydrogen-bond donors (Lipinski definition) is 0. The van der Waals surface area contributed by atoms with E-state index in [9.17, 15) is 4.79 Å². The first kappa shape index (κ1) is 13.6. The molecule has 0 saturated heterocycles. The number of likely N-dealkylation sites (N-methyl/N-ethyl adjacent to an activating group) is 1. The molecule has 1 amide bonds. The summed E-state index contributed by atoms with van der Waals surface area (Å²) in [5.74, 6) is -0.0338. The van der Waals surface area contributed by atoms with Crippen LogP contribution in [0.3, 0.4) is 0 Å². The zero-order valence-electron chi connectivity index (χ0n) is 11.2. The van der Waals surface area contributed by atoms with Crippen LogP contribution in [0, 0.1) is 6.92 Å². The lowest BCUT2D eigenvalue weighted by atomic mass is 10.4. The van der Waals surface area contributed by atoms with Gasteiger partial charge in [0.05, 0.1) is 29.2 Å². The molecule has 2 aromatic heterocycles. The van der Waals surface area contributed by atoms with Crippen LogP contribution in [0.4, 0.5) is 0 Å². The van der Waals surface area contributed by atoms with Gasteiger partial charge < -0.3 is 4.90 Å². The molecule has 2 aromatic rings. The van der Waals surface area contributed by atoms with Gasteiger partial charge in [-0.05, 0) is 13.0 Å². The maximum absolute atomic E-state index is 12.1. The van der Waals surface area contributed by atoms with E-state index in [1.807, 2.05) is 26.2 Å². The van der Waals surface area contributed by atoms with E-state index in [-0.39, 0.29) is 12.5 Å². The van der Waals surface area contributed by atoms with E-state index < -0.39 is 0 Å². The molecule has 0 radical (unpaired) electrons. The lowest BCUT2D eigenvalue weighted by Gasteiger charge is -2.16. The molecule has 0 spiro atoms. The Bertz CT molecular complexity index is 589. The van der Waals surface area contributed by atoms with Crippen LogP contribution in [-0.2, 0) is 24.9 Å². The number of aryl methyl sites for hydroxylation is 1. The minimum Gasteiger partial charge on any atom is -0.338 e. The third kappa shape index (κ3) is 3.14. The Hall–Kier alpha value is -1.82. The van der Waals surface area contributed by atoms with Crippen LogP contribution in [0.15, 0.2) is 18.5 Å².